The highest BCUT2D eigenvalue weighted by atomic mass is 16.3. The van der Waals surface area contributed by atoms with Crippen LogP contribution in [0.1, 0.15) is 25.0 Å². The van der Waals surface area contributed by atoms with Crippen LogP contribution in [0.15, 0.2) is 132 Å². The highest BCUT2D eigenvalue weighted by Gasteiger charge is 2.40. The van der Waals surface area contributed by atoms with Crippen molar-refractivity contribution in [2.45, 2.75) is 19.3 Å². The summed E-state index contributed by atoms with van der Waals surface area (Å²) in [4.78, 5) is 10.9. The summed E-state index contributed by atoms with van der Waals surface area (Å²) in [5.41, 5.74) is 10.2. The predicted molar refractivity (Wildman–Crippen MR) is 184 cm³/mol. The van der Waals surface area contributed by atoms with E-state index in [4.69, 9.17) is 14.4 Å². The van der Waals surface area contributed by atoms with Gasteiger partial charge >= 0.3 is 0 Å². The van der Waals surface area contributed by atoms with Gasteiger partial charge in [-0.05, 0) is 52.7 Å². The Morgan fingerprint density at radius 2 is 1.24 bits per heavy atom. The summed E-state index contributed by atoms with van der Waals surface area (Å²) in [5.74, 6) is 0.669. The number of rotatable bonds is 2. The molecule has 6 aromatic carbocycles. The van der Waals surface area contributed by atoms with E-state index in [1.54, 1.807) is 0 Å². The van der Waals surface area contributed by atoms with E-state index in [0.29, 0.717) is 5.95 Å². The van der Waals surface area contributed by atoms with Crippen LogP contribution < -0.4 is 0 Å². The minimum atomic E-state index is -0.278. The Kier molecular flexibility index (Phi) is 4.76. The third kappa shape index (κ3) is 3.31. The number of hydrogen-bond donors (Lipinski definition) is 0. The summed E-state index contributed by atoms with van der Waals surface area (Å²) in [6.07, 6.45) is 0. The number of hydrogen-bond acceptors (Lipinski definition) is 3. The fourth-order valence-electron chi connectivity index (χ4n) is 7.66. The summed E-state index contributed by atoms with van der Waals surface area (Å²) in [6.45, 7) is 4.58. The first-order chi connectivity index (χ1) is 22.1. The van der Waals surface area contributed by atoms with Crippen LogP contribution in [0, 0.1) is 0 Å². The van der Waals surface area contributed by atoms with E-state index in [1.165, 1.54) is 32.7 Å². The maximum atomic E-state index is 6.36. The van der Waals surface area contributed by atoms with Gasteiger partial charge in [-0.2, -0.15) is 0 Å². The van der Waals surface area contributed by atoms with Gasteiger partial charge in [0.05, 0.1) is 22.4 Å². The molecule has 9 aromatic rings. The van der Waals surface area contributed by atoms with Gasteiger partial charge in [0.25, 0.3) is 0 Å². The molecule has 10 rings (SSSR count). The van der Waals surface area contributed by atoms with Crippen LogP contribution in [-0.2, 0) is 5.41 Å². The molecule has 0 amide bonds. The zero-order valence-electron chi connectivity index (χ0n) is 24.9. The molecule has 0 aliphatic heterocycles. The van der Waals surface area contributed by atoms with Crippen LogP contribution in [0.5, 0.6) is 0 Å². The number of benzene rings is 6. The molecule has 0 unspecified atom stereocenters. The molecular formula is C41H27N3O. The smallest absolute Gasteiger partial charge is 0.235 e. The summed E-state index contributed by atoms with van der Waals surface area (Å²) in [5, 5.41) is 7.03. The molecule has 45 heavy (non-hydrogen) atoms. The van der Waals surface area contributed by atoms with Gasteiger partial charge in [0, 0.05) is 43.7 Å². The Morgan fingerprint density at radius 3 is 2.13 bits per heavy atom. The van der Waals surface area contributed by atoms with Gasteiger partial charge in [0.1, 0.15) is 11.2 Å². The largest absolute Gasteiger partial charge is 0.456 e. The average Bonchev–Trinajstić information content (AvgIpc) is 3.68. The van der Waals surface area contributed by atoms with Crippen molar-refractivity contribution in [3.05, 3.63) is 139 Å². The Bertz CT molecular complexity index is 2690. The molecule has 0 atom stereocenters. The van der Waals surface area contributed by atoms with Crippen molar-refractivity contribution in [3.63, 3.8) is 0 Å². The second-order valence-electron chi connectivity index (χ2n) is 12.6. The van der Waals surface area contributed by atoms with Crippen molar-refractivity contribution in [1.29, 1.82) is 0 Å². The molecule has 0 saturated heterocycles. The highest BCUT2D eigenvalue weighted by molar-refractivity contribution is 6.13. The molecule has 1 aliphatic rings. The predicted octanol–water partition coefficient (Wildman–Crippen LogP) is 10.6. The molecule has 212 valence electrons. The van der Waals surface area contributed by atoms with Crippen LogP contribution >= 0.6 is 0 Å². The monoisotopic (exact) mass is 577 g/mol. The van der Waals surface area contributed by atoms with Crippen LogP contribution in [0.4, 0.5) is 0 Å². The number of furan rings is 1. The first-order valence-electron chi connectivity index (χ1n) is 15.4. The quantitative estimate of drug-likeness (QED) is 0.205. The van der Waals surface area contributed by atoms with Gasteiger partial charge in [0.15, 0.2) is 0 Å². The van der Waals surface area contributed by atoms with E-state index in [0.717, 1.165) is 55.5 Å². The van der Waals surface area contributed by atoms with Crippen LogP contribution in [-0.4, -0.2) is 14.5 Å². The maximum absolute atomic E-state index is 6.36. The molecule has 0 saturated carbocycles. The molecule has 0 N–H and O–H groups in total. The summed E-state index contributed by atoms with van der Waals surface area (Å²) >= 11 is 0. The lowest BCUT2D eigenvalue weighted by molar-refractivity contribution is 0.656. The molecule has 0 spiro atoms. The lowest BCUT2D eigenvalue weighted by Gasteiger charge is -2.24. The summed E-state index contributed by atoms with van der Waals surface area (Å²) in [7, 11) is 0. The first kappa shape index (κ1) is 24.7. The molecule has 4 nitrogen and oxygen atoms in total. The Balaban J connectivity index is 1.33. The van der Waals surface area contributed by atoms with Crippen molar-refractivity contribution in [3.8, 4) is 28.5 Å². The Morgan fingerprint density at radius 1 is 0.556 bits per heavy atom. The molecule has 0 fully saturated rings. The van der Waals surface area contributed by atoms with Crippen molar-refractivity contribution in [2.24, 2.45) is 0 Å². The maximum Gasteiger partial charge on any atom is 0.235 e. The number of fused-ring (bicyclic) bond motifs is 10. The molecular weight excluding hydrogens is 550 g/mol. The van der Waals surface area contributed by atoms with E-state index < -0.39 is 0 Å². The number of para-hydroxylation sites is 2. The second-order valence-corrected chi connectivity index (χ2v) is 12.6. The standard InChI is InChI=1S/C41H27N3O/c1-41(2)32-16-8-5-15-30(32)39-37(41)38(26-19-20-29-28-14-7-10-18-35(28)45-36(29)23-26)42-40(43-39)44-33-17-9-6-13-27(33)31-21-24-11-3-4-12-25(24)22-34(31)44/h3-23H,1-2H3. The van der Waals surface area contributed by atoms with Crippen LogP contribution in [0.3, 0.4) is 0 Å². The molecule has 3 heterocycles. The third-order valence-electron chi connectivity index (χ3n) is 9.77. The number of nitrogens with zero attached hydrogens (tertiary/aromatic N) is 3. The molecule has 4 heteroatoms. The van der Waals surface area contributed by atoms with E-state index in [9.17, 15) is 0 Å². The molecule has 0 bridgehead atoms. The fourth-order valence-corrected chi connectivity index (χ4v) is 7.66. The lowest BCUT2D eigenvalue weighted by Crippen LogP contribution is -2.18. The third-order valence-corrected chi connectivity index (χ3v) is 9.77. The molecule has 1 aliphatic carbocycles. The van der Waals surface area contributed by atoms with Gasteiger partial charge in [-0.15, -0.1) is 0 Å². The minimum Gasteiger partial charge on any atom is -0.456 e. The van der Waals surface area contributed by atoms with Gasteiger partial charge < -0.3 is 4.42 Å². The van der Waals surface area contributed by atoms with Gasteiger partial charge in [-0.25, -0.2) is 9.97 Å². The lowest BCUT2D eigenvalue weighted by atomic mass is 9.81. The van der Waals surface area contributed by atoms with Gasteiger partial charge in [0.2, 0.25) is 5.95 Å². The summed E-state index contributed by atoms with van der Waals surface area (Å²) < 4.78 is 8.60. The van der Waals surface area contributed by atoms with Gasteiger partial charge in [-0.3, -0.25) is 4.57 Å². The van der Waals surface area contributed by atoms with E-state index in [1.807, 2.05) is 12.1 Å². The SMILES string of the molecule is CC1(C)c2ccccc2-c2nc(-n3c4ccccc4c4cc5ccccc5cc43)nc(-c3ccc4c(c3)oc3ccccc34)c21. The van der Waals surface area contributed by atoms with Crippen molar-refractivity contribution in [2.75, 3.05) is 0 Å². The Hall–Kier alpha value is -5.74. The Labute approximate surface area is 259 Å². The first-order valence-corrected chi connectivity index (χ1v) is 15.4. The van der Waals surface area contributed by atoms with Crippen LogP contribution in [0.25, 0.3) is 83.0 Å². The zero-order chi connectivity index (χ0) is 29.9. The van der Waals surface area contributed by atoms with E-state index in [-0.39, 0.29) is 5.41 Å². The van der Waals surface area contributed by atoms with Crippen molar-refractivity contribution in [1.82, 2.24) is 14.5 Å². The molecule has 3 aromatic heterocycles. The van der Waals surface area contributed by atoms with Gasteiger partial charge in [-0.1, -0.05) is 105 Å². The van der Waals surface area contributed by atoms with Crippen LogP contribution in [0.2, 0.25) is 0 Å². The highest BCUT2D eigenvalue weighted by Crippen LogP contribution is 2.51. The summed E-state index contributed by atoms with van der Waals surface area (Å²) in [6, 6.07) is 45.1. The normalized spacial score (nSPS) is 13.7. The topological polar surface area (TPSA) is 43.9 Å². The van der Waals surface area contributed by atoms with E-state index in [2.05, 4.69) is 134 Å². The fraction of sp³-hybridized carbons (Fsp3) is 0.0732. The number of aromatic nitrogens is 3. The average molecular weight is 578 g/mol. The minimum absolute atomic E-state index is 0.278. The van der Waals surface area contributed by atoms with E-state index >= 15 is 0 Å². The van der Waals surface area contributed by atoms with Crippen molar-refractivity contribution >= 4 is 54.5 Å². The zero-order valence-corrected chi connectivity index (χ0v) is 24.9. The van der Waals surface area contributed by atoms with Crippen molar-refractivity contribution < 1.29 is 4.42 Å². The molecule has 0 radical (unpaired) electrons. The second kappa shape index (κ2) is 8.67.